The number of amides is 1. The molecule has 1 amide bonds. The van der Waals surface area contributed by atoms with E-state index < -0.39 is 0 Å². The Labute approximate surface area is 120 Å². The first kappa shape index (κ1) is 13.6. The van der Waals surface area contributed by atoms with Gasteiger partial charge in [-0.3, -0.25) is 4.79 Å². The van der Waals surface area contributed by atoms with Crippen LogP contribution >= 0.6 is 0 Å². The lowest BCUT2D eigenvalue weighted by molar-refractivity contribution is -0.0752. The molecule has 108 valence electrons. The number of ether oxygens (including phenoxy) is 1. The smallest absolute Gasteiger partial charge is 0.254 e. The molecule has 0 radical (unpaired) electrons. The van der Waals surface area contributed by atoms with E-state index in [9.17, 15) is 4.79 Å². The quantitative estimate of drug-likeness (QED) is 0.787. The van der Waals surface area contributed by atoms with E-state index in [2.05, 4.69) is 18.7 Å². The summed E-state index contributed by atoms with van der Waals surface area (Å²) in [6.45, 7) is 5.55. The zero-order valence-electron chi connectivity index (χ0n) is 12.4. The van der Waals surface area contributed by atoms with Crippen molar-refractivity contribution < 1.29 is 9.53 Å². The summed E-state index contributed by atoms with van der Waals surface area (Å²) in [4.78, 5) is 14.8. The molecule has 2 aliphatic rings. The zero-order chi connectivity index (χ0) is 14.1. The van der Waals surface area contributed by atoms with Crippen LogP contribution in [0.25, 0.3) is 0 Å². The molecule has 1 saturated heterocycles. The fourth-order valence-corrected chi connectivity index (χ4v) is 3.39. The van der Waals surface area contributed by atoms with Gasteiger partial charge in [0.15, 0.2) is 0 Å². The van der Waals surface area contributed by atoms with E-state index >= 15 is 0 Å². The summed E-state index contributed by atoms with van der Waals surface area (Å²) in [5.74, 6) is 0.174. The van der Waals surface area contributed by atoms with Crippen LogP contribution in [0.4, 0.5) is 0 Å². The average Bonchev–Trinajstić information content (AvgIpc) is 2.49. The van der Waals surface area contributed by atoms with E-state index in [1.54, 1.807) is 0 Å². The Morgan fingerprint density at radius 2 is 2.00 bits per heavy atom. The summed E-state index contributed by atoms with van der Waals surface area (Å²) in [5.41, 5.74) is 3.24. The van der Waals surface area contributed by atoms with Crippen molar-refractivity contribution in [3.63, 3.8) is 0 Å². The summed E-state index contributed by atoms with van der Waals surface area (Å²) in [6, 6.07) is 6.30. The van der Waals surface area contributed by atoms with Gasteiger partial charge >= 0.3 is 0 Å². The highest BCUT2D eigenvalue weighted by molar-refractivity contribution is 5.94. The third kappa shape index (κ3) is 2.47. The van der Waals surface area contributed by atoms with Crippen molar-refractivity contribution in [3.05, 3.63) is 34.9 Å². The van der Waals surface area contributed by atoms with Gasteiger partial charge in [0.1, 0.15) is 0 Å². The molecule has 1 heterocycles. The number of morpholine rings is 1. The molecule has 1 aromatic rings. The monoisotopic (exact) mass is 273 g/mol. The maximum Gasteiger partial charge on any atom is 0.254 e. The van der Waals surface area contributed by atoms with Crippen LogP contribution in [0.15, 0.2) is 18.2 Å². The van der Waals surface area contributed by atoms with Crippen molar-refractivity contribution in [3.8, 4) is 0 Å². The number of aryl methyl sites for hydroxylation is 2. The van der Waals surface area contributed by atoms with E-state index in [4.69, 9.17) is 4.74 Å². The molecule has 0 spiro atoms. The molecule has 0 N–H and O–H groups in total. The SMILES string of the molecule is Cc1ccc(C(=O)N2CCO[C@H]3CCCC[C@H]32)cc1C. The number of rotatable bonds is 1. The number of hydrogen-bond acceptors (Lipinski definition) is 2. The molecule has 2 fully saturated rings. The molecule has 1 aliphatic heterocycles. The average molecular weight is 273 g/mol. The van der Waals surface area contributed by atoms with Crippen LogP contribution in [0.1, 0.15) is 47.2 Å². The van der Waals surface area contributed by atoms with Crippen LogP contribution in [-0.2, 0) is 4.74 Å². The Hall–Kier alpha value is -1.35. The molecule has 2 atom stereocenters. The van der Waals surface area contributed by atoms with E-state index in [-0.39, 0.29) is 18.1 Å². The lowest BCUT2D eigenvalue weighted by Gasteiger charge is -2.43. The van der Waals surface area contributed by atoms with Crippen molar-refractivity contribution in [1.82, 2.24) is 4.90 Å². The molecule has 3 nitrogen and oxygen atoms in total. The third-order valence-electron chi connectivity index (χ3n) is 4.75. The maximum atomic E-state index is 12.8. The number of hydrogen-bond donors (Lipinski definition) is 0. The number of fused-ring (bicyclic) bond motifs is 1. The molecule has 3 rings (SSSR count). The molecule has 0 bridgehead atoms. The second-order valence-corrected chi connectivity index (χ2v) is 6.06. The van der Waals surface area contributed by atoms with Gasteiger partial charge in [0.2, 0.25) is 0 Å². The molecule has 3 heteroatoms. The molecule has 0 aromatic heterocycles. The normalized spacial score (nSPS) is 26.2. The minimum atomic E-state index is 0.174. The summed E-state index contributed by atoms with van der Waals surface area (Å²) in [5, 5.41) is 0. The van der Waals surface area contributed by atoms with E-state index in [1.807, 2.05) is 18.2 Å². The first-order chi connectivity index (χ1) is 9.66. The minimum Gasteiger partial charge on any atom is -0.374 e. The highest BCUT2D eigenvalue weighted by Gasteiger charge is 2.36. The van der Waals surface area contributed by atoms with Crippen LogP contribution in [0.5, 0.6) is 0 Å². The van der Waals surface area contributed by atoms with Crippen LogP contribution in [0.3, 0.4) is 0 Å². The fraction of sp³-hybridized carbons (Fsp3) is 0.588. The molecule has 1 saturated carbocycles. The Morgan fingerprint density at radius 3 is 2.80 bits per heavy atom. The Morgan fingerprint density at radius 1 is 1.20 bits per heavy atom. The van der Waals surface area contributed by atoms with Crippen molar-refractivity contribution in [1.29, 1.82) is 0 Å². The van der Waals surface area contributed by atoms with E-state index in [0.29, 0.717) is 6.61 Å². The second kappa shape index (κ2) is 5.57. The summed E-state index contributed by atoms with van der Waals surface area (Å²) in [6.07, 6.45) is 4.88. The van der Waals surface area contributed by atoms with Crippen LogP contribution in [0.2, 0.25) is 0 Å². The molecule has 0 unspecified atom stereocenters. The first-order valence-corrected chi connectivity index (χ1v) is 7.66. The minimum absolute atomic E-state index is 0.174. The largest absolute Gasteiger partial charge is 0.374 e. The number of benzene rings is 1. The topological polar surface area (TPSA) is 29.5 Å². The highest BCUT2D eigenvalue weighted by Crippen LogP contribution is 2.29. The summed E-state index contributed by atoms with van der Waals surface area (Å²) in [7, 11) is 0. The van der Waals surface area contributed by atoms with Gasteiger partial charge in [-0.2, -0.15) is 0 Å². The second-order valence-electron chi connectivity index (χ2n) is 6.06. The van der Waals surface area contributed by atoms with Gasteiger partial charge in [-0.15, -0.1) is 0 Å². The number of carbonyl (C=O) groups excluding carboxylic acids is 1. The first-order valence-electron chi connectivity index (χ1n) is 7.66. The van der Waals surface area contributed by atoms with Gasteiger partial charge in [-0.05, 0) is 49.9 Å². The van der Waals surface area contributed by atoms with Crippen molar-refractivity contribution in [2.24, 2.45) is 0 Å². The van der Waals surface area contributed by atoms with Gasteiger partial charge in [-0.25, -0.2) is 0 Å². The highest BCUT2D eigenvalue weighted by atomic mass is 16.5. The molecule has 1 aromatic carbocycles. The van der Waals surface area contributed by atoms with Crippen LogP contribution < -0.4 is 0 Å². The predicted octanol–water partition coefficient (Wildman–Crippen LogP) is 3.09. The van der Waals surface area contributed by atoms with Gasteiger partial charge in [-0.1, -0.05) is 18.9 Å². The zero-order valence-corrected chi connectivity index (χ0v) is 12.4. The maximum absolute atomic E-state index is 12.8. The summed E-state index contributed by atoms with van der Waals surface area (Å²) < 4.78 is 5.85. The Kier molecular flexibility index (Phi) is 3.79. The van der Waals surface area contributed by atoms with Crippen molar-refractivity contribution >= 4 is 5.91 Å². The van der Waals surface area contributed by atoms with Crippen LogP contribution in [-0.4, -0.2) is 36.1 Å². The predicted molar refractivity (Wildman–Crippen MR) is 78.9 cm³/mol. The fourth-order valence-electron chi connectivity index (χ4n) is 3.39. The van der Waals surface area contributed by atoms with Crippen molar-refractivity contribution in [2.45, 2.75) is 51.7 Å². The lowest BCUT2D eigenvalue weighted by Crippen LogP contribution is -2.54. The lowest BCUT2D eigenvalue weighted by atomic mass is 9.89. The van der Waals surface area contributed by atoms with Gasteiger partial charge in [0.05, 0.1) is 18.8 Å². The van der Waals surface area contributed by atoms with Crippen LogP contribution in [0, 0.1) is 13.8 Å². The Balaban J connectivity index is 1.83. The van der Waals surface area contributed by atoms with Gasteiger partial charge in [0, 0.05) is 12.1 Å². The molecule has 20 heavy (non-hydrogen) atoms. The van der Waals surface area contributed by atoms with E-state index in [1.165, 1.54) is 24.0 Å². The Bertz CT molecular complexity index is 510. The third-order valence-corrected chi connectivity index (χ3v) is 4.75. The molecular weight excluding hydrogens is 250 g/mol. The van der Waals surface area contributed by atoms with Crippen molar-refractivity contribution in [2.75, 3.05) is 13.2 Å². The number of nitrogens with zero attached hydrogens (tertiary/aromatic N) is 1. The standard InChI is InChI=1S/C17H23NO2/c1-12-7-8-14(11-13(12)2)17(19)18-9-10-20-16-6-4-3-5-15(16)18/h7-8,11,15-16H,3-6,9-10H2,1-2H3/t15-,16+/m1/s1. The summed E-state index contributed by atoms with van der Waals surface area (Å²) >= 11 is 0. The number of carbonyl (C=O) groups is 1. The molecular formula is C17H23NO2. The van der Waals surface area contributed by atoms with Gasteiger partial charge < -0.3 is 9.64 Å². The van der Waals surface area contributed by atoms with E-state index in [0.717, 1.165) is 24.9 Å². The molecule has 1 aliphatic carbocycles. The van der Waals surface area contributed by atoms with Gasteiger partial charge in [0.25, 0.3) is 5.91 Å².